The molecule has 6 nitrogen and oxygen atoms in total. The van der Waals surface area contributed by atoms with Crippen LogP contribution in [0, 0.1) is 5.82 Å². The first kappa shape index (κ1) is 12.6. The van der Waals surface area contributed by atoms with E-state index in [4.69, 9.17) is 5.73 Å². The first-order valence-electron chi connectivity index (χ1n) is 5.08. The largest absolute Gasteiger partial charge is 0.370 e. The van der Waals surface area contributed by atoms with E-state index in [2.05, 4.69) is 31.3 Å². The quantitative estimate of drug-likeness (QED) is 0.916. The van der Waals surface area contributed by atoms with Crippen LogP contribution in [0.15, 0.2) is 22.7 Å². The Balaban J connectivity index is 2.23. The van der Waals surface area contributed by atoms with Gasteiger partial charge in [0.05, 0.1) is 6.54 Å². The maximum atomic E-state index is 13.1. The van der Waals surface area contributed by atoms with Crippen LogP contribution in [-0.4, -0.2) is 26.1 Å². The molecule has 0 saturated heterocycles. The average Bonchev–Trinajstić information content (AvgIpc) is 2.78. The fraction of sp³-hybridized carbons (Fsp3) is 0.200. The molecule has 0 radical (unpaired) electrons. The van der Waals surface area contributed by atoms with Gasteiger partial charge in [0.2, 0.25) is 11.7 Å². The van der Waals surface area contributed by atoms with Crippen molar-refractivity contribution < 1.29 is 9.18 Å². The van der Waals surface area contributed by atoms with Crippen molar-refractivity contribution in [1.29, 1.82) is 0 Å². The van der Waals surface area contributed by atoms with Gasteiger partial charge in [-0.15, -0.1) is 10.2 Å². The van der Waals surface area contributed by atoms with Crippen molar-refractivity contribution >= 4 is 21.8 Å². The summed E-state index contributed by atoms with van der Waals surface area (Å²) < 4.78 is 13.8. The first-order valence-corrected chi connectivity index (χ1v) is 5.87. The van der Waals surface area contributed by atoms with E-state index in [1.165, 1.54) is 16.9 Å². The fourth-order valence-electron chi connectivity index (χ4n) is 1.32. The molecule has 1 aromatic heterocycles. The molecular formula is C10H9BrFN5O. The molecule has 0 saturated carbocycles. The molecule has 0 unspecified atom stereocenters. The molecule has 0 aliphatic carbocycles. The van der Waals surface area contributed by atoms with Crippen LogP contribution < -0.4 is 5.73 Å². The van der Waals surface area contributed by atoms with Gasteiger partial charge in [-0.3, -0.25) is 4.79 Å². The van der Waals surface area contributed by atoms with Crippen molar-refractivity contribution in [2.45, 2.75) is 13.0 Å². The Hall–Kier alpha value is -1.83. The summed E-state index contributed by atoms with van der Waals surface area (Å²) in [5.41, 5.74) is 5.52. The number of carbonyl (C=O) groups excluding carboxylic acids is 1. The van der Waals surface area contributed by atoms with Crippen LogP contribution in [0.1, 0.15) is 6.42 Å². The minimum atomic E-state index is -0.444. The van der Waals surface area contributed by atoms with E-state index in [1.807, 2.05) is 0 Å². The maximum Gasteiger partial charge on any atom is 0.219 e. The van der Waals surface area contributed by atoms with Crippen molar-refractivity contribution in [3.8, 4) is 11.4 Å². The van der Waals surface area contributed by atoms with Gasteiger partial charge in [-0.25, -0.2) is 4.39 Å². The molecule has 0 fully saturated rings. The van der Waals surface area contributed by atoms with Gasteiger partial charge >= 0.3 is 0 Å². The van der Waals surface area contributed by atoms with E-state index in [-0.39, 0.29) is 24.6 Å². The Morgan fingerprint density at radius 1 is 1.50 bits per heavy atom. The predicted octanol–water partition coefficient (Wildman–Crippen LogP) is 1.12. The third kappa shape index (κ3) is 2.89. The average molecular weight is 314 g/mol. The summed E-state index contributed by atoms with van der Waals surface area (Å²) in [7, 11) is 0. The maximum absolute atomic E-state index is 13.1. The summed E-state index contributed by atoms with van der Waals surface area (Å²) in [5.74, 6) is -0.548. The van der Waals surface area contributed by atoms with Gasteiger partial charge in [0, 0.05) is 16.5 Å². The summed E-state index contributed by atoms with van der Waals surface area (Å²) in [6.45, 7) is 0.245. The lowest BCUT2D eigenvalue weighted by Gasteiger charge is -1.98. The lowest BCUT2D eigenvalue weighted by molar-refractivity contribution is -0.118. The number of hydrogen-bond acceptors (Lipinski definition) is 4. The van der Waals surface area contributed by atoms with E-state index < -0.39 is 5.91 Å². The van der Waals surface area contributed by atoms with E-state index >= 15 is 0 Å². The number of tetrazole rings is 1. The third-order valence-corrected chi connectivity index (χ3v) is 2.87. The standard InChI is InChI=1S/C10H9BrFN5O/c11-8-2-1-6(12)5-7(8)10-14-16-17(15-10)4-3-9(13)18/h1-2,5H,3-4H2,(H2,13,18). The number of carbonyl (C=O) groups is 1. The summed E-state index contributed by atoms with van der Waals surface area (Å²) >= 11 is 3.28. The first-order chi connectivity index (χ1) is 8.56. The smallest absolute Gasteiger partial charge is 0.219 e. The molecule has 0 aliphatic rings. The van der Waals surface area contributed by atoms with Crippen LogP contribution in [0.25, 0.3) is 11.4 Å². The zero-order valence-corrected chi connectivity index (χ0v) is 10.8. The molecule has 2 N–H and O–H groups in total. The number of amides is 1. The fourth-order valence-corrected chi connectivity index (χ4v) is 1.75. The van der Waals surface area contributed by atoms with Crippen LogP contribution in [0.4, 0.5) is 4.39 Å². The van der Waals surface area contributed by atoms with Crippen LogP contribution >= 0.6 is 15.9 Å². The monoisotopic (exact) mass is 313 g/mol. The van der Waals surface area contributed by atoms with Crippen LogP contribution in [0.2, 0.25) is 0 Å². The van der Waals surface area contributed by atoms with Crippen LogP contribution in [0.5, 0.6) is 0 Å². The lowest BCUT2D eigenvalue weighted by Crippen LogP contribution is -2.15. The van der Waals surface area contributed by atoms with Crippen molar-refractivity contribution in [3.63, 3.8) is 0 Å². The molecule has 1 amide bonds. The van der Waals surface area contributed by atoms with Gasteiger partial charge in [-0.05, 0) is 23.4 Å². The van der Waals surface area contributed by atoms with E-state index in [9.17, 15) is 9.18 Å². The summed E-state index contributed by atoms with van der Waals surface area (Å²) in [6.07, 6.45) is 0.125. The third-order valence-electron chi connectivity index (χ3n) is 2.18. The number of halogens is 2. The van der Waals surface area contributed by atoms with Gasteiger partial charge in [-0.1, -0.05) is 15.9 Å². The minimum Gasteiger partial charge on any atom is -0.370 e. The molecule has 2 aromatic rings. The Labute approximate surface area is 110 Å². The zero-order chi connectivity index (χ0) is 13.1. The van der Waals surface area contributed by atoms with Crippen molar-refractivity contribution in [2.24, 2.45) is 5.73 Å². The SMILES string of the molecule is NC(=O)CCn1nnc(-c2cc(F)ccc2Br)n1. The molecular weight excluding hydrogens is 305 g/mol. The van der Waals surface area contributed by atoms with Crippen molar-refractivity contribution in [3.05, 3.63) is 28.5 Å². The summed E-state index contributed by atoms with van der Waals surface area (Å²) in [6, 6.07) is 4.19. The molecule has 1 aromatic carbocycles. The van der Waals surface area contributed by atoms with Gasteiger partial charge in [0.15, 0.2) is 0 Å². The summed E-state index contributed by atoms with van der Waals surface area (Å²) in [5, 5.41) is 11.6. The number of aryl methyl sites for hydroxylation is 1. The molecule has 18 heavy (non-hydrogen) atoms. The molecule has 0 bridgehead atoms. The second kappa shape index (κ2) is 5.21. The van der Waals surface area contributed by atoms with Gasteiger partial charge < -0.3 is 5.73 Å². The lowest BCUT2D eigenvalue weighted by atomic mass is 10.2. The molecule has 2 rings (SSSR count). The number of nitrogens with two attached hydrogens (primary N) is 1. The van der Waals surface area contributed by atoms with E-state index in [1.54, 1.807) is 6.07 Å². The Kier molecular flexibility index (Phi) is 3.66. The van der Waals surface area contributed by atoms with Gasteiger partial charge in [0.25, 0.3) is 0 Å². The highest BCUT2D eigenvalue weighted by atomic mass is 79.9. The highest BCUT2D eigenvalue weighted by Gasteiger charge is 2.11. The number of rotatable bonds is 4. The number of hydrogen-bond donors (Lipinski definition) is 1. The second-order valence-electron chi connectivity index (χ2n) is 3.55. The van der Waals surface area contributed by atoms with Crippen molar-refractivity contribution in [1.82, 2.24) is 20.2 Å². The highest BCUT2D eigenvalue weighted by molar-refractivity contribution is 9.10. The Bertz CT molecular complexity index is 585. The van der Waals surface area contributed by atoms with Gasteiger partial charge in [0.1, 0.15) is 5.82 Å². The van der Waals surface area contributed by atoms with E-state index in [0.29, 0.717) is 10.0 Å². The zero-order valence-electron chi connectivity index (χ0n) is 9.18. The number of primary amides is 1. The number of aromatic nitrogens is 4. The normalized spacial score (nSPS) is 10.6. The summed E-state index contributed by atoms with van der Waals surface area (Å²) in [4.78, 5) is 11.9. The van der Waals surface area contributed by atoms with E-state index in [0.717, 1.165) is 0 Å². The number of nitrogens with zero attached hydrogens (tertiary/aromatic N) is 4. The topological polar surface area (TPSA) is 86.7 Å². The molecule has 8 heteroatoms. The molecule has 0 aliphatic heterocycles. The predicted molar refractivity (Wildman–Crippen MR) is 64.7 cm³/mol. The highest BCUT2D eigenvalue weighted by Crippen LogP contribution is 2.25. The molecule has 1 heterocycles. The molecule has 94 valence electrons. The Morgan fingerprint density at radius 3 is 3.00 bits per heavy atom. The van der Waals surface area contributed by atoms with Crippen LogP contribution in [0.3, 0.4) is 0 Å². The van der Waals surface area contributed by atoms with Crippen LogP contribution in [-0.2, 0) is 11.3 Å². The van der Waals surface area contributed by atoms with Gasteiger partial charge in [-0.2, -0.15) is 4.80 Å². The minimum absolute atomic E-state index is 0.125. The van der Waals surface area contributed by atoms with Crippen molar-refractivity contribution in [2.75, 3.05) is 0 Å². The molecule has 0 atom stereocenters. The number of benzene rings is 1. The Morgan fingerprint density at radius 2 is 2.28 bits per heavy atom. The second-order valence-corrected chi connectivity index (χ2v) is 4.40. The molecule has 0 spiro atoms.